The fraction of sp³-hybridized carbons (Fsp3) is 0.148. The van der Waals surface area contributed by atoms with Crippen molar-refractivity contribution >= 4 is 45.6 Å². The lowest BCUT2D eigenvalue weighted by atomic mass is 10.1. The normalized spacial score (nSPS) is 15.1. The van der Waals surface area contributed by atoms with Gasteiger partial charge in [-0.1, -0.05) is 47.7 Å². The zero-order chi connectivity index (χ0) is 25.1. The number of hydrogen-bond acceptors (Lipinski definition) is 6. The predicted octanol–water partition coefficient (Wildman–Crippen LogP) is 4.87. The molecule has 0 saturated carbocycles. The molecule has 1 fully saturated rings. The fourth-order valence-corrected chi connectivity index (χ4v) is 4.90. The third-order valence-corrected chi connectivity index (χ3v) is 6.87. The van der Waals surface area contributed by atoms with Gasteiger partial charge in [0.1, 0.15) is 5.01 Å². The van der Waals surface area contributed by atoms with E-state index in [2.05, 4.69) is 20.8 Å². The van der Waals surface area contributed by atoms with Gasteiger partial charge in [0.25, 0.3) is 11.8 Å². The summed E-state index contributed by atoms with van der Waals surface area (Å²) < 4.78 is 0. The van der Waals surface area contributed by atoms with Crippen LogP contribution in [-0.2, 0) is 4.79 Å². The van der Waals surface area contributed by atoms with Crippen LogP contribution in [0, 0.1) is 6.92 Å². The molecular weight excluding hydrogens is 474 g/mol. The van der Waals surface area contributed by atoms with Crippen LogP contribution < -0.4 is 15.5 Å². The number of carbonyl (C=O) groups is 3. The van der Waals surface area contributed by atoms with Crippen LogP contribution >= 0.6 is 11.3 Å². The van der Waals surface area contributed by atoms with Crippen molar-refractivity contribution in [2.75, 3.05) is 22.1 Å². The number of hydrogen-bond donors (Lipinski definition) is 2. The maximum absolute atomic E-state index is 12.8. The van der Waals surface area contributed by atoms with E-state index >= 15 is 0 Å². The quantitative estimate of drug-likeness (QED) is 0.395. The van der Waals surface area contributed by atoms with Gasteiger partial charge in [0.15, 0.2) is 0 Å². The molecule has 1 saturated heterocycles. The molecule has 36 heavy (non-hydrogen) atoms. The van der Waals surface area contributed by atoms with Crippen LogP contribution in [0.3, 0.4) is 0 Å². The van der Waals surface area contributed by atoms with Gasteiger partial charge >= 0.3 is 0 Å². The summed E-state index contributed by atoms with van der Waals surface area (Å²) in [6.07, 6.45) is 0.347. The molecule has 3 amide bonds. The number of benzene rings is 3. The van der Waals surface area contributed by atoms with Crippen molar-refractivity contribution < 1.29 is 14.4 Å². The van der Waals surface area contributed by atoms with E-state index in [1.165, 1.54) is 11.3 Å². The third-order valence-electron chi connectivity index (χ3n) is 5.87. The van der Waals surface area contributed by atoms with Crippen LogP contribution in [-0.4, -0.2) is 34.5 Å². The first-order valence-electron chi connectivity index (χ1n) is 11.4. The Kier molecular flexibility index (Phi) is 6.55. The van der Waals surface area contributed by atoms with Gasteiger partial charge in [0.2, 0.25) is 11.0 Å². The fourth-order valence-electron chi connectivity index (χ4n) is 4.07. The van der Waals surface area contributed by atoms with Crippen LogP contribution in [0.1, 0.15) is 43.6 Å². The molecule has 0 radical (unpaired) electrons. The van der Waals surface area contributed by atoms with Gasteiger partial charge in [-0.15, -0.1) is 10.2 Å². The minimum atomic E-state index is -0.364. The molecule has 1 unspecified atom stereocenters. The molecule has 9 heteroatoms. The van der Waals surface area contributed by atoms with Gasteiger partial charge < -0.3 is 10.2 Å². The number of aromatic nitrogens is 2. The van der Waals surface area contributed by atoms with Crippen molar-refractivity contribution in [2.24, 2.45) is 0 Å². The van der Waals surface area contributed by atoms with Gasteiger partial charge in [-0.05, 0) is 55.0 Å². The summed E-state index contributed by atoms with van der Waals surface area (Å²) in [6.45, 7) is 2.52. The Morgan fingerprint density at radius 1 is 0.889 bits per heavy atom. The van der Waals surface area contributed by atoms with Gasteiger partial charge in [-0.25, -0.2) is 0 Å². The minimum absolute atomic E-state index is 0.0424. The standard InChI is InChI=1S/C27H23N5O3S/c1-17-7-5-12-22(13-17)32-16-20(15-23(32)33)26-30-31-27(36-26)29-25(35)19-10-6-11-21(14-19)28-24(34)18-8-3-2-4-9-18/h2-14,20H,15-16H2,1H3,(H,28,34)(H,29,31,35). The average molecular weight is 498 g/mol. The van der Waals surface area contributed by atoms with E-state index < -0.39 is 0 Å². The van der Waals surface area contributed by atoms with E-state index in [0.717, 1.165) is 11.3 Å². The van der Waals surface area contributed by atoms with Crippen LogP contribution in [0.2, 0.25) is 0 Å². The molecule has 8 nitrogen and oxygen atoms in total. The Hall–Kier alpha value is -4.37. The van der Waals surface area contributed by atoms with Crippen LogP contribution in [0.25, 0.3) is 0 Å². The second-order valence-corrected chi connectivity index (χ2v) is 9.55. The maximum atomic E-state index is 12.8. The van der Waals surface area contributed by atoms with Gasteiger partial charge in [0, 0.05) is 41.4 Å². The van der Waals surface area contributed by atoms with E-state index in [-0.39, 0.29) is 23.6 Å². The number of carbonyl (C=O) groups excluding carboxylic acids is 3. The summed E-state index contributed by atoms with van der Waals surface area (Å²) in [4.78, 5) is 39.6. The lowest BCUT2D eigenvalue weighted by molar-refractivity contribution is -0.117. The van der Waals surface area contributed by atoms with Crippen molar-refractivity contribution in [1.29, 1.82) is 0 Å². The van der Waals surface area contributed by atoms with Crippen LogP contribution in [0.15, 0.2) is 78.9 Å². The molecule has 1 atom stereocenters. The van der Waals surface area contributed by atoms with Crippen molar-refractivity contribution in [2.45, 2.75) is 19.3 Å². The molecule has 1 aliphatic heterocycles. The largest absolute Gasteiger partial charge is 0.322 e. The number of amides is 3. The molecule has 4 aromatic rings. The maximum Gasteiger partial charge on any atom is 0.257 e. The lowest BCUT2D eigenvalue weighted by Crippen LogP contribution is -2.24. The van der Waals surface area contributed by atoms with E-state index in [0.29, 0.717) is 39.9 Å². The SMILES string of the molecule is Cc1cccc(N2CC(c3nnc(NC(=O)c4cccc(NC(=O)c5ccccc5)c4)s3)CC2=O)c1. The van der Waals surface area contributed by atoms with Crippen molar-refractivity contribution in [3.8, 4) is 0 Å². The first-order valence-corrected chi connectivity index (χ1v) is 12.3. The number of nitrogens with one attached hydrogen (secondary N) is 2. The molecule has 2 N–H and O–H groups in total. The van der Waals surface area contributed by atoms with Crippen molar-refractivity contribution in [1.82, 2.24) is 10.2 Å². The van der Waals surface area contributed by atoms with E-state index in [9.17, 15) is 14.4 Å². The van der Waals surface area contributed by atoms with Crippen LogP contribution in [0.5, 0.6) is 0 Å². The lowest BCUT2D eigenvalue weighted by Gasteiger charge is -2.16. The summed E-state index contributed by atoms with van der Waals surface area (Å²) >= 11 is 1.26. The summed E-state index contributed by atoms with van der Waals surface area (Å²) in [5, 5.41) is 15.0. The topological polar surface area (TPSA) is 104 Å². The zero-order valence-electron chi connectivity index (χ0n) is 19.5. The summed E-state index contributed by atoms with van der Waals surface area (Å²) in [7, 11) is 0. The molecule has 0 aliphatic carbocycles. The highest BCUT2D eigenvalue weighted by atomic mass is 32.1. The van der Waals surface area contributed by atoms with Crippen LogP contribution in [0.4, 0.5) is 16.5 Å². The van der Waals surface area contributed by atoms with E-state index in [4.69, 9.17) is 0 Å². The summed E-state index contributed by atoms with van der Waals surface area (Å²) in [5.41, 5.74) is 3.38. The number of nitrogens with zero attached hydrogens (tertiary/aromatic N) is 3. The molecule has 180 valence electrons. The molecule has 2 heterocycles. The molecule has 1 aromatic heterocycles. The van der Waals surface area contributed by atoms with Gasteiger partial charge in [0.05, 0.1) is 0 Å². The molecule has 1 aliphatic rings. The van der Waals surface area contributed by atoms with E-state index in [1.807, 2.05) is 37.3 Å². The molecule has 0 bridgehead atoms. The highest BCUT2D eigenvalue weighted by Gasteiger charge is 2.34. The first kappa shape index (κ1) is 23.4. The summed E-state index contributed by atoms with van der Waals surface area (Å²) in [5.74, 6) is -0.663. The molecular formula is C27H23N5O3S. The third kappa shape index (κ3) is 5.16. The van der Waals surface area contributed by atoms with Gasteiger partial charge in [-0.2, -0.15) is 0 Å². The first-order chi connectivity index (χ1) is 17.5. The monoisotopic (exact) mass is 497 g/mol. The second-order valence-electron chi connectivity index (χ2n) is 8.54. The second kappa shape index (κ2) is 10.1. The molecule has 5 rings (SSSR count). The van der Waals surface area contributed by atoms with Crippen molar-refractivity contribution in [3.05, 3.63) is 101 Å². The van der Waals surface area contributed by atoms with Crippen molar-refractivity contribution in [3.63, 3.8) is 0 Å². The Morgan fingerprint density at radius 3 is 2.44 bits per heavy atom. The average Bonchev–Trinajstić information content (AvgIpc) is 3.51. The Balaban J connectivity index is 1.23. The highest BCUT2D eigenvalue weighted by molar-refractivity contribution is 7.15. The Labute approximate surface area is 212 Å². The zero-order valence-corrected chi connectivity index (χ0v) is 20.3. The molecule has 0 spiro atoms. The minimum Gasteiger partial charge on any atom is -0.322 e. The van der Waals surface area contributed by atoms with Gasteiger partial charge in [-0.3, -0.25) is 19.7 Å². The molecule has 3 aromatic carbocycles. The summed E-state index contributed by atoms with van der Waals surface area (Å²) in [6, 6.07) is 23.4. The Morgan fingerprint density at radius 2 is 1.64 bits per heavy atom. The van der Waals surface area contributed by atoms with E-state index in [1.54, 1.807) is 53.4 Å². The predicted molar refractivity (Wildman–Crippen MR) is 140 cm³/mol. The Bertz CT molecular complexity index is 1440. The highest BCUT2D eigenvalue weighted by Crippen LogP contribution is 2.34. The number of aryl methyl sites for hydroxylation is 1. The number of rotatable bonds is 6. The smallest absolute Gasteiger partial charge is 0.257 e. The number of anilines is 3.